The van der Waals surface area contributed by atoms with Crippen LogP contribution in [-0.4, -0.2) is 40.1 Å². The lowest BCUT2D eigenvalue weighted by atomic mass is 10.1. The Kier molecular flexibility index (Phi) is 7.55. The molecule has 0 fully saturated rings. The highest BCUT2D eigenvalue weighted by atomic mass is 35.5. The zero-order chi connectivity index (χ0) is 20.6. The summed E-state index contributed by atoms with van der Waals surface area (Å²) in [7, 11) is 1.61. The number of carbonyl (C=O) groups excluding carboxylic acids is 1. The molecule has 0 radical (unpaired) electrons. The molecular formula is C21H23ClN4O2S. The fourth-order valence-corrected chi connectivity index (χ4v) is 3.91. The van der Waals surface area contributed by atoms with Crippen molar-refractivity contribution in [3.05, 3.63) is 59.1 Å². The van der Waals surface area contributed by atoms with E-state index >= 15 is 0 Å². The van der Waals surface area contributed by atoms with Crippen LogP contribution in [0.3, 0.4) is 0 Å². The summed E-state index contributed by atoms with van der Waals surface area (Å²) in [5.74, 6) is 1.59. The first-order chi connectivity index (χ1) is 14.1. The van der Waals surface area contributed by atoms with Crippen molar-refractivity contribution in [2.75, 3.05) is 19.4 Å². The fourth-order valence-electron chi connectivity index (χ4n) is 2.91. The summed E-state index contributed by atoms with van der Waals surface area (Å²) >= 11 is 7.51. The standard InChI is InChI=1S/C21H23ClN4O2S/c1-3-26-20(17-13-16(22)9-10-18(17)28-2)24-25-21(26)29-14-19(27)23-12-11-15-7-5-4-6-8-15/h4-10,13H,3,11-12,14H2,1-2H3,(H,23,27). The maximum absolute atomic E-state index is 12.2. The van der Waals surface area contributed by atoms with Crippen molar-refractivity contribution in [1.82, 2.24) is 20.1 Å². The molecule has 0 unspecified atom stereocenters. The third kappa shape index (κ3) is 5.52. The first kappa shape index (κ1) is 21.2. The van der Waals surface area contributed by atoms with Gasteiger partial charge in [0, 0.05) is 18.1 Å². The molecule has 1 aromatic heterocycles. The van der Waals surface area contributed by atoms with Gasteiger partial charge in [0.2, 0.25) is 5.91 Å². The number of aromatic nitrogens is 3. The van der Waals surface area contributed by atoms with Gasteiger partial charge in [0.15, 0.2) is 11.0 Å². The highest BCUT2D eigenvalue weighted by Gasteiger charge is 2.18. The maximum atomic E-state index is 12.2. The molecule has 2 aromatic carbocycles. The molecule has 0 atom stereocenters. The lowest BCUT2D eigenvalue weighted by Crippen LogP contribution is -2.27. The van der Waals surface area contributed by atoms with Crippen molar-refractivity contribution in [3.8, 4) is 17.1 Å². The molecule has 152 valence electrons. The molecule has 1 amide bonds. The predicted octanol–water partition coefficient (Wildman–Crippen LogP) is 4.08. The molecule has 0 saturated carbocycles. The highest BCUT2D eigenvalue weighted by molar-refractivity contribution is 7.99. The zero-order valence-corrected chi connectivity index (χ0v) is 18.0. The number of nitrogens with one attached hydrogen (secondary N) is 1. The summed E-state index contributed by atoms with van der Waals surface area (Å²) in [5.41, 5.74) is 1.97. The number of methoxy groups -OCH3 is 1. The third-order valence-corrected chi connectivity index (χ3v) is 5.55. The second-order valence-electron chi connectivity index (χ2n) is 6.27. The number of ether oxygens (including phenoxy) is 1. The van der Waals surface area contributed by atoms with Gasteiger partial charge in [-0.2, -0.15) is 0 Å². The molecule has 8 heteroatoms. The SMILES string of the molecule is CCn1c(SCC(=O)NCCc2ccccc2)nnc1-c1cc(Cl)ccc1OC. The normalized spacial score (nSPS) is 10.7. The van der Waals surface area contributed by atoms with Gasteiger partial charge in [0.25, 0.3) is 0 Å². The van der Waals surface area contributed by atoms with Gasteiger partial charge in [-0.3, -0.25) is 4.79 Å². The van der Waals surface area contributed by atoms with Gasteiger partial charge in [0.05, 0.1) is 18.4 Å². The molecular weight excluding hydrogens is 408 g/mol. The van der Waals surface area contributed by atoms with E-state index in [9.17, 15) is 4.79 Å². The second kappa shape index (κ2) is 10.3. The number of nitrogens with zero attached hydrogens (tertiary/aromatic N) is 3. The molecule has 1 N–H and O–H groups in total. The number of thioether (sulfide) groups is 1. The monoisotopic (exact) mass is 430 g/mol. The first-order valence-corrected chi connectivity index (χ1v) is 10.7. The smallest absolute Gasteiger partial charge is 0.230 e. The number of hydrogen-bond acceptors (Lipinski definition) is 5. The second-order valence-corrected chi connectivity index (χ2v) is 7.65. The van der Waals surface area contributed by atoms with Crippen molar-refractivity contribution in [2.24, 2.45) is 0 Å². The number of carbonyl (C=O) groups is 1. The van der Waals surface area contributed by atoms with E-state index in [2.05, 4.69) is 27.6 Å². The molecule has 6 nitrogen and oxygen atoms in total. The first-order valence-electron chi connectivity index (χ1n) is 9.33. The minimum absolute atomic E-state index is 0.0292. The molecule has 3 aromatic rings. The minimum atomic E-state index is -0.0292. The van der Waals surface area contributed by atoms with Crippen LogP contribution in [0.5, 0.6) is 5.75 Å². The summed E-state index contributed by atoms with van der Waals surface area (Å²) in [6.45, 7) is 3.28. The van der Waals surface area contributed by atoms with Gasteiger partial charge in [0.1, 0.15) is 5.75 Å². The Balaban J connectivity index is 1.62. The van der Waals surface area contributed by atoms with Crippen LogP contribution in [0.1, 0.15) is 12.5 Å². The number of hydrogen-bond donors (Lipinski definition) is 1. The Labute approximate surface area is 179 Å². The lowest BCUT2D eigenvalue weighted by Gasteiger charge is -2.11. The quantitative estimate of drug-likeness (QED) is 0.518. The van der Waals surface area contributed by atoms with Crippen molar-refractivity contribution < 1.29 is 9.53 Å². The molecule has 0 saturated heterocycles. The van der Waals surface area contributed by atoms with Crippen LogP contribution < -0.4 is 10.1 Å². The predicted molar refractivity (Wildman–Crippen MR) is 117 cm³/mol. The summed E-state index contributed by atoms with van der Waals surface area (Å²) < 4.78 is 7.39. The number of benzene rings is 2. The minimum Gasteiger partial charge on any atom is -0.496 e. The highest BCUT2D eigenvalue weighted by Crippen LogP contribution is 2.33. The zero-order valence-electron chi connectivity index (χ0n) is 16.4. The summed E-state index contributed by atoms with van der Waals surface area (Å²) in [6.07, 6.45) is 0.807. The van der Waals surface area contributed by atoms with E-state index in [0.717, 1.165) is 12.0 Å². The molecule has 0 bridgehead atoms. The van der Waals surface area contributed by atoms with E-state index in [1.807, 2.05) is 29.7 Å². The number of halogens is 1. The topological polar surface area (TPSA) is 69.0 Å². The van der Waals surface area contributed by atoms with Crippen molar-refractivity contribution >= 4 is 29.3 Å². The van der Waals surface area contributed by atoms with E-state index in [4.69, 9.17) is 16.3 Å². The Bertz CT molecular complexity index is 963. The largest absolute Gasteiger partial charge is 0.496 e. The van der Waals surface area contributed by atoms with Crippen LogP contribution in [0.4, 0.5) is 0 Å². The average Bonchev–Trinajstić information content (AvgIpc) is 3.15. The molecule has 0 aliphatic carbocycles. The molecule has 29 heavy (non-hydrogen) atoms. The van der Waals surface area contributed by atoms with Gasteiger partial charge in [-0.25, -0.2) is 0 Å². The Morgan fingerprint density at radius 2 is 2.00 bits per heavy atom. The van der Waals surface area contributed by atoms with Gasteiger partial charge in [-0.1, -0.05) is 53.7 Å². The van der Waals surface area contributed by atoms with Crippen molar-refractivity contribution in [2.45, 2.75) is 25.0 Å². The Hall–Kier alpha value is -2.51. The summed E-state index contributed by atoms with van der Waals surface area (Å²) in [5, 5.41) is 12.8. The van der Waals surface area contributed by atoms with Gasteiger partial charge in [-0.05, 0) is 37.1 Å². The van der Waals surface area contributed by atoms with Crippen LogP contribution in [0.25, 0.3) is 11.4 Å². The summed E-state index contributed by atoms with van der Waals surface area (Å²) in [6, 6.07) is 15.5. The Morgan fingerprint density at radius 3 is 2.72 bits per heavy atom. The average molecular weight is 431 g/mol. The van der Waals surface area contributed by atoms with Gasteiger partial charge >= 0.3 is 0 Å². The molecule has 0 aliphatic heterocycles. The third-order valence-electron chi connectivity index (χ3n) is 4.35. The van der Waals surface area contributed by atoms with Crippen molar-refractivity contribution in [3.63, 3.8) is 0 Å². The van der Waals surface area contributed by atoms with Crippen LogP contribution in [-0.2, 0) is 17.8 Å². The Morgan fingerprint density at radius 1 is 1.21 bits per heavy atom. The number of rotatable bonds is 9. The van der Waals surface area contributed by atoms with Gasteiger partial charge in [-0.15, -0.1) is 10.2 Å². The van der Waals surface area contributed by atoms with Gasteiger partial charge < -0.3 is 14.6 Å². The molecule has 3 rings (SSSR count). The van der Waals surface area contributed by atoms with E-state index in [-0.39, 0.29) is 11.7 Å². The van der Waals surface area contributed by atoms with E-state index in [1.54, 1.807) is 25.3 Å². The van der Waals surface area contributed by atoms with Crippen LogP contribution in [0, 0.1) is 0 Å². The molecule has 0 spiro atoms. The van der Waals surface area contributed by atoms with Crippen LogP contribution in [0.15, 0.2) is 53.7 Å². The molecule has 1 heterocycles. The fraction of sp³-hybridized carbons (Fsp3) is 0.286. The lowest BCUT2D eigenvalue weighted by molar-refractivity contribution is -0.118. The van der Waals surface area contributed by atoms with E-state index in [0.29, 0.717) is 34.8 Å². The van der Waals surface area contributed by atoms with Crippen LogP contribution >= 0.6 is 23.4 Å². The van der Waals surface area contributed by atoms with E-state index in [1.165, 1.54) is 17.3 Å². The maximum Gasteiger partial charge on any atom is 0.230 e. The van der Waals surface area contributed by atoms with E-state index < -0.39 is 0 Å². The van der Waals surface area contributed by atoms with Crippen LogP contribution in [0.2, 0.25) is 5.02 Å². The summed E-state index contributed by atoms with van der Waals surface area (Å²) in [4.78, 5) is 12.2. The number of amides is 1. The van der Waals surface area contributed by atoms with Crippen molar-refractivity contribution in [1.29, 1.82) is 0 Å². The molecule has 0 aliphatic rings.